The van der Waals surface area contributed by atoms with E-state index in [1.54, 1.807) is 57.4 Å². The first-order valence-corrected chi connectivity index (χ1v) is 15.2. The van der Waals surface area contributed by atoms with Gasteiger partial charge in [0, 0.05) is 22.2 Å². The number of carbonyl (C=O) groups excluding carboxylic acids is 2. The van der Waals surface area contributed by atoms with Crippen LogP contribution in [0.1, 0.15) is 41.6 Å². The van der Waals surface area contributed by atoms with E-state index in [0.29, 0.717) is 48.5 Å². The lowest BCUT2D eigenvalue weighted by Crippen LogP contribution is -2.40. The maximum absolute atomic E-state index is 14.2. The number of fused-ring (bicyclic) bond motifs is 2. The third-order valence-corrected chi connectivity index (χ3v) is 8.71. The Morgan fingerprint density at radius 1 is 1.07 bits per heavy atom. The molecule has 2 aromatic heterocycles. The molecule has 9 nitrogen and oxygen atoms in total. The van der Waals surface area contributed by atoms with E-state index in [-0.39, 0.29) is 23.3 Å². The van der Waals surface area contributed by atoms with Crippen molar-refractivity contribution in [1.29, 1.82) is 0 Å². The molecule has 0 bridgehead atoms. The molecule has 1 aliphatic heterocycles. The number of halogens is 1. The lowest BCUT2D eigenvalue weighted by molar-refractivity contribution is -0.139. The minimum atomic E-state index is -0.871. The molecule has 0 N–H and O–H groups in total. The number of hydrogen-bond donors (Lipinski definition) is 0. The van der Waals surface area contributed by atoms with Gasteiger partial charge in [0.05, 0.1) is 42.2 Å². The Kier molecular flexibility index (Phi) is 8.18. The molecule has 6 rings (SSSR count). The molecule has 0 unspecified atom stereocenters. The minimum absolute atomic E-state index is 0.157. The maximum atomic E-state index is 14.2. The predicted molar refractivity (Wildman–Crippen MR) is 171 cm³/mol. The largest absolute Gasteiger partial charge is 0.496 e. The number of esters is 2. The summed E-state index contributed by atoms with van der Waals surface area (Å²) in [6, 6.07) is 18.8. The van der Waals surface area contributed by atoms with Crippen LogP contribution >= 0.6 is 22.9 Å². The van der Waals surface area contributed by atoms with Crippen LogP contribution in [0, 0.1) is 0 Å². The molecule has 45 heavy (non-hydrogen) atoms. The molecule has 11 heteroatoms. The zero-order valence-corrected chi connectivity index (χ0v) is 26.3. The van der Waals surface area contributed by atoms with Crippen molar-refractivity contribution < 1.29 is 28.2 Å². The molecule has 0 aliphatic carbocycles. The molecule has 0 amide bonds. The number of rotatable bonds is 7. The van der Waals surface area contributed by atoms with Crippen molar-refractivity contribution in [2.75, 3.05) is 20.8 Å². The number of benzene rings is 3. The Labute approximate surface area is 266 Å². The van der Waals surface area contributed by atoms with Crippen LogP contribution in [0.3, 0.4) is 0 Å². The van der Waals surface area contributed by atoms with E-state index in [4.69, 9.17) is 30.2 Å². The van der Waals surface area contributed by atoms with Crippen LogP contribution < -0.4 is 19.6 Å². The summed E-state index contributed by atoms with van der Waals surface area (Å²) >= 11 is 7.39. The van der Waals surface area contributed by atoms with Crippen molar-refractivity contribution in [3.8, 4) is 17.1 Å². The maximum Gasteiger partial charge on any atom is 0.338 e. The van der Waals surface area contributed by atoms with E-state index in [2.05, 4.69) is 4.99 Å². The van der Waals surface area contributed by atoms with Crippen LogP contribution in [0.25, 0.3) is 28.2 Å². The van der Waals surface area contributed by atoms with Crippen LogP contribution in [-0.4, -0.2) is 37.3 Å². The summed E-state index contributed by atoms with van der Waals surface area (Å²) in [6.07, 6.45) is 1.61. The molecule has 0 radical (unpaired) electrons. The standard InChI is InChI=1S/C34H27ClN2O7S/c1-5-43-33(40)28-18(2)36-34-37(30(28)29-22-9-7-6-8-19(22)10-14-26(29)41-3)31(38)27(45-34)17-21-12-15-25(44-21)24-16-20(35)11-13-23(24)32(39)42-4/h6-17,30H,5H2,1-4H3/b27-17+/t30-/m1/s1. The van der Waals surface area contributed by atoms with Crippen molar-refractivity contribution >= 4 is 51.7 Å². The molecule has 0 saturated carbocycles. The summed E-state index contributed by atoms with van der Waals surface area (Å²) in [5, 5.41) is 2.16. The molecule has 1 aliphatic rings. The number of allylic oxidation sites excluding steroid dienone is 1. The van der Waals surface area contributed by atoms with Gasteiger partial charge >= 0.3 is 11.9 Å². The molecule has 0 spiro atoms. The lowest BCUT2D eigenvalue weighted by Gasteiger charge is -2.27. The minimum Gasteiger partial charge on any atom is -0.496 e. The first kappa shape index (κ1) is 30.1. The zero-order chi connectivity index (χ0) is 31.8. The summed E-state index contributed by atoms with van der Waals surface area (Å²) in [7, 11) is 2.85. The molecule has 228 valence electrons. The third kappa shape index (κ3) is 5.36. The molecular weight excluding hydrogens is 616 g/mol. The third-order valence-electron chi connectivity index (χ3n) is 7.49. The van der Waals surface area contributed by atoms with E-state index < -0.39 is 18.0 Å². The van der Waals surface area contributed by atoms with E-state index in [9.17, 15) is 14.4 Å². The summed E-state index contributed by atoms with van der Waals surface area (Å²) in [5.41, 5.74) is 1.71. The fraction of sp³-hybridized carbons (Fsp3) is 0.176. The molecule has 3 heterocycles. The number of ether oxygens (including phenoxy) is 3. The normalized spacial score (nSPS) is 14.7. The van der Waals surface area contributed by atoms with Crippen molar-refractivity contribution in [3.05, 3.63) is 120 Å². The quantitative estimate of drug-likeness (QED) is 0.211. The van der Waals surface area contributed by atoms with Gasteiger partial charge in [-0.2, -0.15) is 0 Å². The van der Waals surface area contributed by atoms with Gasteiger partial charge in [-0.05, 0) is 61.0 Å². The predicted octanol–water partition coefficient (Wildman–Crippen LogP) is 5.66. The highest BCUT2D eigenvalue weighted by atomic mass is 35.5. The highest BCUT2D eigenvalue weighted by Gasteiger charge is 2.36. The Morgan fingerprint density at radius 2 is 1.87 bits per heavy atom. The van der Waals surface area contributed by atoms with E-state index in [1.165, 1.54) is 23.0 Å². The Balaban J connectivity index is 1.55. The second-order valence-electron chi connectivity index (χ2n) is 10.1. The second-order valence-corrected chi connectivity index (χ2v) is 11.5. The van der Waals surface area contributed by atoms with Crippen molar-refractivity contribution in [2.45, 2.75) is 19.9 Å². The Hall–Kier alpha value is -4.93. The molecule has 3 aromatic carbocycles. The van der Waals surface area contributed by atoms with Gasteiger partial charge in [0.2, 0.25) is 0 Å². The smallest absolute Gasteiger partial charge is 0.338 e. The van der Waals surface area contributed by atoms with Gasteiger partial charge in [-0.15, -0.1) is 0 Å². The van der Waals surface area contributed by atoms with Crippen molar-refractivity contribution in [1.82, 2.24) is 4.57 Å². The first-order valence-electron chi connectivity index (χ1n) is 14.0. The zero-order valence-electron chi connectivity index (χ0n) is 24.8. The number of furan rings is 1. The van der Waals surface area contributed by atoms with Crippen LogP contribution in [0.4, 0.5) is 0 Å². The van der Waals surface area contributed by atoms with Gasteiger partial charge in [0.15, 0.2) is 4.80 Å². The summed E-state index contributed by atoms with van der Waals surface area (Å²) < 4.78 is 24.1. The fourth-order valence-corrected chi connectivity index (χ4v) is 6.71. The van der Waals surface area contributed by atoms with Crippen LogP contribution in [-0.2, 0) is 14.3 Å². The lowest BCUT2D eigenvalue weighted by atomic mass is 9.90. The van der Waals surface area contributed by atoms with Gasteiger partial charge in [-0.25, -0.2) is 14.6 Å². The second kappa shape index (κ2) is 12.2. The molecule has 1 atom stereocenters. The van der Waals surface area contributed by atoms with E-state index >= 15 is 0 Å². The average Bonchev–Trinajstić information content (AvgIpc) is 3.63. The Morgan fingerprint density at radius 3 is 2.62 bits per heavy atom. The van der Waals surface area contributed by atoms with Gasteiger partial charge in [-0.3, -0.25) is 9.36 Å². The summed E-state index contributed by atoms with van der Waals surface area (Å²) in [6.45, 7) is 3.62. The number of aromatic nitrogens is 1. The number of hydrogen-bond acceptors (Lipinski definition) is 9. The number of thiazole rings is 1. The van der Waals surface area contributed by atoms with Gasteiger partial charge in [0.25, 0.3) is 5.56 Å². The average molecular weight is 643 g/mol. The van der Waals surface area contributed by atoms with Crippen LogP contribution in [0.5, 0.6) is 5.75 Å². The molecule has 0 fully saturated rings. The van der Waals surface area contributed by atoms with Gasteiger partial charge in [-0.1, -0.05) is 53.3 Å². The van der Waals surface area contributed by atoms with Crippen molar-refractivity contribution in [2.24, 2.45) is 4.99 Å². The van der Waals surface area contributed by atoms with Gasteiger partial charge < -0.3 is 18.6 Å². The van der Waals surface area contributed by atoms with E-state index in [1.807, 2.05) is 36.4 Å². The molecule has 5 aromatic rings. The first-order chi connectivity index (χ1) is 21.7. The number of nitrogens with zero attached hydrogens (tertiary/aromatic N) is 2. The molecular formula is C34H27ClN2O7S. The topological polar surface area (TPSA) is 109 Å². The summed E-state index contributed by atoms with van der Waals surface area (Å²) in [5.74, 6) is 0.155. The fourth-order valence-electron chi connectivity index (χ4n) is 5.51. The van der Waals surface area contributed by atoms with Crippen LogP contribution in [0.2, 0.25) is 5.02 Å². The SMILES string of the molecule is CCOC(=O)C1=C(C)N=c2s/c(=C/c3ccc(-c4cc(Cl)ccc4C(=O)OC)o3)c(=O)n2[C@H]1c1c(OC)ccc2ccccc12. The Bertz CT molecular complexity index is 2210. The molecule has 0 saturated heterocycles. The highest BCUT2D eigenvalue weighted by Crippen LogP contribution is 2.40. The number of methoxy groups -OCH3 is 2. The van der Waals surface area contributed by atoms with Crippen molar-refractivity contribution in [3.63, 3.8) is 0 Å². The van der Waals surface area contributed by atoms with E-state index in [0.717, 1.165) is 10.8 Å². The number of carbonyl (C=O) groups is 2. The van der Waals surface area contributed by atoms with Gasteiger partial charge in [0.1, 0.15) is 23.3 Å². The monoisotopic (exact) mass is 642 g/mol. The summed E-state index contributed by atoms with van der Waals surface area (Å²) in [4.78, 5) is 45.1. The van der Waals surface area contributed by atoms with Crippen LogP contribution in [0.15, 0.2) is 92.2 Å². The highest BCUT2D eigenvalue weighted by molar-refractivity contribution is 7.07.